The Hall–Kier alpha value is -0.820. The fraction of sp³-hybridized carbons (Fsp3) is 0.632. The van der Waals surface area contributed by atoms with E-state index in [-0.39, 0.29) is 34.9 Å². The highest BCUT2D eigenvalue weighted by atomic mass is 127. The molecule has 1 atom stereocenters. The summed E-state index contributed by atoms with van der Waals surface area (Å²) >= 11 is 0. The van der Waals surface area contributed by atoms with E-state index in [0.717, 1.165) is 24.6 Å². The summed E-state index contributed by atoms with van der Waals surface area (Å²) in [5.41, 5.74) is 2.43. The second-order valence-electron chi connectivity index (χ2n) is 7.65. The number of hydrogen-bond donors (Lipinski definition) is 2. The van der Waals surface area contributed by atoms with Gasteiger partial charge in [-0.2, -0.15) is 0 Å². The van der Waals surface area contributed by atoms with Crippen molar-refractivity contribution in [3.63, 3.8) is 0 Å². The molecule has 0 amide bonds. The van der Waals surface area contributed by atoms with Gasteiger partial charge in [0.15, 0.2) is 5.96 Å². The third kappa shape index (κ3) is 4.23. The van der Waals surface area contributed by atoms with E-state index in [1.807, 2.05) is 31.2 Å². The number of likely N-dealkylation sites (tertiary alicyclic amines) is 1. The third-order valence-corrected chi connectivity index (χ3v) is 5.35. The lowest BCUT2D eigenvalue weighted by Gasteiger charge is -2.62. The molecule has 0 spiro atoms. The summed E-state index contributed by atoms with van der Waals surface area (Å²) in [5, 5.41) is 13.7. The summed E-state index contributed by atoms with van der Waals surface area (Å²) in [4.78, 5) is 6.98. The van der Waals surface area contributed by atoms with Crippen LogP contribution in [0.5, 0.6) is 0 Å². The van der Waals surface area contributed by atoms with Gasteiger partial charge in [-0.25, -0.2) is 0 Å². The second kappa shape index (κ2) is 8.04. The molecule has 0 radical (unpaired) electrons. The third-order valence-electron chi connectivity index (χ3n) is 5.35. The van der Waals surface area contributed by atoms with Gasteiger partial charge in [0.05, 0.1) is 12.6 Å². The van der Waals surface area contributed by atoms with Gasteiger partial charge < -0.3 is 15.3 Å². The number of nitrogens with one attached hydrogen (secondary N) is 1. The number of hydrogen-bond acceptors (Lipinski definition) is 2. The first-order valence-corrected chi connectivity index (χ1v) is 8.49. The molecular weight excluding hydrogens is 413 g/mol. The molecule has 0 aliphatic carbocycles. The van der Waals surface area contributed by atoms with Gasteiger partial charge in [0.25, 0.3) is 0 Å². The molecule has 2 rings (SSSR count). The van der Waals surface area contributed by atoms with E-state index in [2.05, 4.69) is 49.8 Å². The molecule has 0 saturated carbocycles. The number of aliphatic hydroxyl groups excluding tert-OH is 1. The molecule has 1 aliphatic rings. The fourth-order valence-electron chi connectivity index (χ4n) is 2.86. The van der Waals surface area contributed by atoms with Gasteiger partial charge in [-0.05, 0) is 33.3 Å². The molecule has 1 fully saturated rings. The highest BCUT2D eigenvalue weighted by molar-refractivity contribution is 14.0. The summed E-state index contributed by atoms with van der Waals surface area (Å²) in [6.45, 7) is 15.4. The zero-order valence-electron chi connectivity index (χ0n) is 15.8. The quantitative estimate of drug-likeness (QED) is 0.422. The maximum absolute atomic E-state index is 10.4. The van der Waals surface area contributed by atoms with Crippen LogP contribution in [-0.2, 0) is 0 Å². The molecule has 136 valence electrons. The van der Waals surface area contributed by atoms with Crippen molar-refractivity contribution < 1.29 is 5.11 Å². The summed E-state index contributed by atoms with van der Waals surface area (Å²) in [6, 6.07) is 7.99. The van der Waals surface area contributed by atoms with Gasteiger partial charge in [0.1, 0.15) is 0 Å². The van der Waals surface area contributed by atoms with Crippen LogP contribution < -0.4 is 5.32 Å². The first kappa shape index (κ1) is 21.2. The Balaban J connectivity index is 0.00000288. The Morgan fingerprint density at radius 1 is 1.25 bits per heavy atom. The van der Waals surface area contributed by atoms with Crippen LogP contribution in [0.25, 0.3) is 0 Å². The van der Waals surface area contributed by atoms with Crippen molar-refractivity contribution in [2.45, 2.75) is 53.2 Å². The average molecular weight is 445 g/mol. The first-order valence-electron chi connectivity index (χ1n) is 8.49. The molecule has 0 aromatic heterocycles. The molecule has 4 nitrogen and oxygen atoms in total. The first-order chi connectivity index (χ1) is 10.7. The molecular formula is C19H32IN3O. The standard InChI is InChI=1S/C19H31N3O.HI/c1-7-20-17(22-13-18(3,4)19(22,5)6)21-12-16(23)15-10-8-14(2)9-11-15;/h8-11,16,23H,7,12-13H2,1-6H3,(H,20,21);1H. The molecule has 1 saturated heterocycles. The summed E-state index contributed by atoms with van der Waals surface area (Å²) in [7, 11) is 0. The van der Waals surface area contributed by atoms with Crippen LogP contribution in [-0.4, -0.2) is 41.1 Å². The zero-order valence-corrected chi connectivity index (χ0v) is 18.1. The fourth-order valence-corrected chi connectivity index (χ4v) is 2.86. The van der Waals surface area contributed by atoms with Crippen molar-refractivity contribution in [3.05, 3.63) is 35.4 Å². The zero-order chi connectivity index (χ0) is 17.3. The molecule has 1 aromatic rings. The predicted molar refractivity (Wildman–Crippen MR) is 112 cm³/mol. The Labute approximate surface area is 163 Å². The molecule has 24 heavy (non-hydrogen) atoms. The molecule has 2 N–H and O–H groups in total. The van der Waals surface area contributed by atoms with E-state index in [4.69, 9.17) is 0 Å². The van der Waals surface area contributed by atoms with Crippen LogP contribution in [0.3, 0.4) is 0 Å². The minimum absolute atomic E-state index is 0. The number of rotatable bonds is 4. The van der Waals surface area contributed by atoms with E-state index < -0.39 is 6.10 Å². The number of aliphatic hydroxyl groups is 1. The summed E-state index contributed by atoms with van der Waals surface area (Å²) < 4.78 is 0. The number of nitrogens with zero attached hydrogens (tertiary/aromatic N) is 2. The van der Waals surface area contributed by atoms with Gasteiger partial charge in [0, 0.05) is 24.0 Å². The second-order valence-corrected chi connectivity index (χ2v) is 7.65. The average Bonchev–Trinajstić information content (AvgIpc) is 2.49. The largest absolute Gasteiger partial charge is 0.386 e. The molecule has 1 aromatic carbocycles. The SMILES string of the molecule is CCNC(=NCC(O)c1ccc(C)cc1)N1CC(C)(C)C1(C)C.I. The van der Waals surface area contributed by atoms with Crippen molar-refractivity contribution in [2.24, 2.45) is 10.4 Å². The van der Waals surface area contributed by atoms with Crippen LogP contribution in [0.4, 0.5) is 0 Å². The number of aryl methyl sites for hydroxylation is 1. The van der Waals surface area contributed by atoms with E-state index in [1.165, 1.54) is 5.56 Å². The molecule has 1 unspecified atom stereocenters. The maximum atomic E-state index is 10.4. The number of benzene rings is 1. The van der Waals surface area contributed by atoms with Crippen molar-refractivity contribution in [1.82, 2.24) is 10.2 Å². The lowest BCUT2D eigenvalue weighted by Crippen LogP contribution is -2.72. The smallest absolute Gasteiger partial charge is 0.194 e. The number of guanidine groups is 1. The molecule has 0 bridgehead atoms. The predicted octanol–water partition coefficient (Wildman–Crippen LogP) is 3.73. The van der Waals surface area contributed by atoms with Gasteiger partial charge >= 0.3 is 0 Å². The van der Waals surface area contributed by atoms with Crippen molar-refractivity contribution in [2.75, 3.05) is 19.6 Å². The topological polar surface area (TPSA) is 47.9 Å². The highest BCUT2D eigenvalue weighted by Gasteiger charge is 2.53. The Bertz CT molecular complexity index is 566. The normalized spacial score (nSPS) is 20.0. The minimum atomic E-state index is -0.568. The monoisotopic (exact) mass is 445 g/mol. The lowest BCUT2D eigenvalue weighted by atomic mass is 9.65. The maximum Gasteiger partial charge on any atom is 0.194 e. The van der Waals surface area contributed by atoms with Crippen molar-refractivity contribution in [3.8, 4) is 0 Å². The summed E-state index contributed by atoms with van der Waals surface area (Å²) in [5.74, 6) is 0.892. The van der Waals surface area contributed by atoms with Crippen LogP contribution >= 0.6 is 24.0 Å². The number of halogens is 1. The molecule has 1 heterocycles. The van der Waals surface area contributed by atoms with Gasteiger partial charge in [-0.15, -0.1) is 24.0 Å². The van der Waals surface area contributed by atoms with Crippen molar-refractivity contribution >= 4 is 29.9 Å². The van der Waals surface area contributed by atoms with E-state index in [9.17, 15) is 5.11 Å². The van der Waals surface area contributed by atoms with E-state index >= 15 is 0 Å². The highest BCUT2D eigenvalue weighted by Crippen LogP contribution is 2.46. The van der Waals surface area contributed by atoms with E-state index in [1.54, 1.807) is 0 Å². The van der Waals surface area contributed by atoms with Crippen LogP contribution in [0, 0.1) is 12.3 Å². The molecule has 5 heteroatoms. The van der Waals surface area contributed by atoms with Crippen LogP contribution in [0.1, 0.15) is 51.8 Å². The van der Waals surface area contributed by atoms with E-state index in [0.29, 0.717) is 6.54 Å². The number of aliphatic imine (C=N–C) groups is 1. The Morgan fingerprint density at radius 2 is 1.83 bits per heavy atom. The Kier molecular flexibility index (Phi) is 7.11. The van der Waals surface area contributed by atoms with Crippen LogP contribution in [0.15, 0.2) is 29.3 Å². The van der Waals surface area contributed by atoms with Crippen molar-refractivity contribution in [1.29, 1.82) is 0 Å². The van der Waals surface area contributed by atoms with Crippen LogP contribution in [0.2, 0.25) is 0 Å². The Morgan fingerprint density at radius 3 is 2.29 bits per heavy atom. The summed E-state index contributed by atoms with van der Waals surface area (Å²) in [6.07, 6.45) is -0.568. The molecule has 1 aliphatic heterocycles. The minimum Gasteiger partial charge on any atom is -0.386 e. The lowest BCUT2D eigenvalue weighted by molar-refractivity contribution is -0.0668. The van der Waals surface area contributed by atoms with Gasteiger partial charge in [0.2, 0.25) is 0 Å². The van der Waals surface area contributed by atoms with Gasteiger partial charge in [-0.1, -0.05) is 43.7 Å². The van der Waals surface area contributed by atoms with Gasteiger partial charge in [-0.3, -0.25) is 4.99 Å².